The molecule has 0 saturated carbocycles. The maximum Gasteiger partial charge on any atom is 0.277 e. The van der Waals surface area contributed by atoms with Gasteiger partial charge in [-0.25, -0.2) is 23.7 Å². The molecule has 2 amide bonds. The van der Waals surface area contributed by atoms with E-state index in [2.05, 4.69) is 30.4 Å². The van der Waals surface area contributed by atoms with Gasteiger partial charge in [-0.2, -0.15) is 5.10 Å². The first-order valence-corrected chi connectivity index (χ1v) is 12.7. The van der Waals surface area contributed by atoms with Crippen LogP contribution in [0.4, 0.5) is 14.6 Å². The molecule has 1 atom stereocenters. The number of carbonyl (C=O) groups excluding carboxylic acids is 2. The number of hydrogen-bond donors (Lipinski definition) is 2. The van der Waals surface area contributed by atoms with Crippen molar-refractivity contribution in [1.29, 1.82) is 0 Å². The number of fused-ring (bicyclic) bond motifs is 1. The second-order valence-electron chi connectivity index (χ2n) is 10.2. The number of aromatic amines is 1. The number of benzene rings is 1. The molecule has 13 nitrogen and oxygen atoms in total. The summed E-state index contributed by atoms with van der Waals surface area (Å²) in [6.45, 7) is 6.63. The molecule has 3 aromatic heterocycles. The number of carbonyl (C=O) groups is 2. The lowest BCUT2D eigenvalue weighted by atomic mass is 9.96. The largest absolute Gasteiger partial charge is 0.434 e. The second-order valence-corrected chi connectivity index (χ2v) is 10.2. The van der Waals surface area contributed by atoms with Gasteiger partial charge in [0, 0.05) is 32.7 Å². The van der Waals surface area contributed by atoms with Gasteiger partial charge < -0.3 is 19.9 Å². The van der Waals surface area contributed by atoms with Crippen LogP contribution in [0.15, 0.2) is 41.7 Å². The smallest absolute Gasteiger partial charge is 0.277 e. The summed E-state index contributed by atoms with van der Waals surface area (Å²) in [6.07, 6.45) is 3.71. The molecule has 0 radical (unpaired) electrons. The molecule has 0 aliphatic carbocycles. The number of hydrogen-bond acceptors (Lipinski definition) is 9. The van der Waals surface area contributed by atoms with Crippen molar-refractivity contribution in [2.45, 2.75) is 32.4 Å². The Labute approximate surface area is 232 Å². The molecule has 1 fully saturated rings. The standard InChI is InChI=1S/C26H27F2N9O4/c1-14(23(38)33-18-10-30-19(11-29-18)41-17-6-5-15(27)9-16(17)28)36-7-8-37(26(2,3)12-36)25(40)21-20-22(35(4)34-21)24(39)32-13-31-20/h5-6,9-11,13-14H,7-8,12H2,1-4H3,(H,29,33,38)(H,31,32,39)/t14-/m0/s1. The Morgan fingerprint density at radius 1 is 1.15 bits per heavy atom. The summed E-state index contributed by atoms with van der Waals surface area (Å²) in [4.78, 5) is 57.1. The third-order valence-electron chi connectivity index (χ3n) is 6.92. The molecule has 2 N–H and O–H groups in total. The van der Waals surface area contributed by atoms with Crippen LogP contribution >= 0.6 is 0 Å². The van der Waals surface area contributed by atoms with Gasteiger partial charge in [0.1, 0.15) is 11.3 Å². The highest BCUT2D eigenvalue weighted by Gasteiger charge is 2.41. The van der Waals surface area contributed by atoms with E-state index in [4.69, 9.17) is 4.74 Å². The number of halogens is 2. The van der Waals surface area contributed by atoms with E-state index in [0.29, 0.717) is 25.7 Å². The third kappa shape index (κ3) is 5.48. The predicted octanol–water partition coefficient (Wildman–Crippen LogP) is 2.08. The summed E-state index contributed by atoms with van der Waals surface area (Å²) in [5.74, 6) is -2.41. The first-order valence-electron chi connectivity index (χ1n) is 12.7. The van der Waals surface area contributed by atoms with Gasteiger partial charge in [-0.1, -0.05) is 0 Å². The van der Waals surface area contributed by atoms with E-state index >= 15 is 0 Å². The number of anilines is 1. The minimum atomic E-state index is -0.886. The van der Waals surface area contributed by atoms with Crippen LogP contribution in [0.25, 0.3) is 11.0 Å². The third-order valence-corrected chi connectivity index (χ3v) is 6.92. The number of nitrogens with one attached hydrogen (secondary N) is 2. The highest BCUT2D eigenvalue weighted by molar-refractivity contribution is 6.03. The van der Waals surface area contributed by atoms with Crippen molar-refractivity contribution in [3.8, 4) is 11.6 Å². The Morgan fingerprint density at radius 2 is 1.93 bits per heavy atom. The van der Waals surface area contributed by atoms with E-state index in [-0.39, 0.29) is 51.5 Å². The van der Waals surface area contributed by atoms with Crippen molar-refractivity contribution in [2.24, 2.45) is 7.05 Å². The van der Waals surface area contributed by atoms with E-state index in [1.54, 1.807) is 18.9 Å². The summed E-state index contributed by atoms with van der Waals surface area (Å²) in [5, 5.41) is 6.96. The number of aryl methyl sites for hydroxylation is 1. The summed E-state index contributed by atoms with van der Waals surface area (Å²) in [6, 6.07) is 2.30. The van der Waals surface area contributed by atoms with Crippen molar-refractivity contribution < 1.29 is 23.1 Å². The van der Waals surface area contributed by atoms with Crippen molar-refractivity contribution in [2.75, 3.05) is 25.0 Å². The highest BCUT2D eigenvalue weighted by Crippen LogP contribution is 2.27. The van der Waals surface area contributed by atoms with E-state index in [0.717, 1.165) is 12.1 Å². The van der Waals surface area contributed by atoms with Gasteiger partial charge in [0.2, 0.25) is 11.8 Å². The van der Waals surface area contributed by atoms with Gasteiger partial charge in [0.15, 0.2) is 28.6 Å². The molecule has 1 aliphatic rings. The number of piperazine rings is 1. The number of amides is 2. The first-order chi connectivity index (χ1) is 19.4. The Morgan fingerprint density at radius 3 is 2.61 bits per heavy atom. The Balaban J connectivity index is 1.22. The van der Waals surface area contributed by atoms with Gasteiger partial charge in [0.05, 0.1) is 30.3 Å². The molecule has 1 aliphatic heterocycles. The monoisotopic (exact) mass is 567 g/mol. The maximum atomic E-state index is 13.8. The van der Waals surface area contributed by atoms with Crippen LogP contribution in [0, 0.1) is 11.6 Å². The molecule has 41 heavy (non-hydrogen) atoms. The molecular weight excluding hydrogens is 540 g/mol. The molecule has 0 unspecified atom stereocenters. The molecule has 1 saturated heterocycles. The molecule has 4 aromatic rings. The number of nitrogens with zero attached hydrogens (tertiary/aromatic N) is 7. The lowest BCUT2D eigenvalue weighted by molar-refractivity contribution is -0.122. The number of H-pyrrole nitrogens is 1. The Kier molecular flexibility index (Phi) is 7.21. The quantitative estimate of drug-likeness (QED) is 0.357. The van der Waals surface area contributed by atoms with Crippen LogP contribution < -0.4 is 15.6 Å². The van der Waals surface area contributed by atoms with Crippen molar-refractivity contribution in [1.82, 2.24) is 39.5 Å². The molecule has 15 heteroatoms. The van der Waals surface area contributed by atoms with Crippen LogP contribution in [0.3, 0.4) is 0 Å². The predicted molar refractivity (Wildman–Crippen MR) is 142 cm³/mol. The fourth-order valence-electron chi connectivity index (χ4n) is 4.79. The SMILES string of the molecule is C[C@@H](C(=O)Nc1cnc(Oc2ccc(F)cc2F)cn1)N1CCN(C(=O)c2nn(C)c3c(=O)[nH]cnc23)C(C)(C)C1. The summed E-state index contributed by atoms with van der Waals surface area (Å²) < 4.78 is 33.5. The molecule has 4 heterocycles. The van der Waals surface area contributed by atoms with E-state index < -0.39 is 23.2 Å². The zero-order valence-corrected chi connectivity index (χ0v) is 22.7. The lowest BCUT2D eigenvalue weighted by Gasteiger charge is -2.48. The number of rotatable bonds is 6. The molecule has 1 aromatic carbocycles. The minimum absolute atomic E-state index is 0.0374. The fraction of sp³-hybridized carbons (Fsp3) is 0.346. The van der Waals surface area contributed by atoms with Crippen LogP contribution in [-0.4, -0.2) is 82.5 Å². The highest BCUT2D eigenvalue weighted by atomic mass is 19.1. The van der Waals surface area contributed by atoms with Crippen LogP contribution in [0.1, 0.15) is 31.3 Å². The van der Waals surface area contributed by atoms with Gasteiger partial charge in [-0.05, 0) is 32.9 Å². The van der Waals surface area contributed by atoms with Crippen molar-refractivity contribution in [3.05, 3.63) is 64.6 Å². The summed E-state index contributed by atoms with van der Waals surface area (Å²) >= 11 is 0. The van der Waals surface area contributed by atoms with Gasteiger partial charge in [-0.3, -0.25) is 24.0 Å². The topological polar surface area (TPSA) is 151 Å². The lowest BCUT2D eigenvalue weighted by Crippen LogP contribution is -2.63. The van der Waals surface area contributed by atoms with Gasteiger partial charge in [0.25, 0.3) is 11.5 Å². The fourth-order valence-corrected chi connectivity index (χ4v) is 4.79. The number of aromatic nitrogens is 6. The number of ether oxygens (including phenoxy) is 1. The zero-order chi connectivity index (χ0) is 29.5. The molecular formula is C26H27F2N9O4. The van der Waals surface area contributed by atoms with Gasteiger partial charge >= 0.3 is 0 Å². The molecule has 214 valence electrons. The van der Waals surface area contributed by atoms with Crippen molar-refractivity contribution in [3.63, 3.8) is 0 Å². The van der Waals surface area contributed by atoms with E-state index in [9.17, 15) is 23.2 Å². The normalized spacial score (nSPS) is 16.0. The Hall–Kier alpha value is -4.79. The molecule has 0 bridgehead atoms. The first kappa shape index (κ1) is 27.8. The molecule has 0 spiro atoms. The Bertz CT molecular complexity index is 1690. The second kappa shape index (κ2) is 10.6. The van der Waals surface area contributed by atoms with Crippen LogP contribution in [0.5, 0.6) is 11.6 Å². The summed E-state index contributed by atoms with van der Waals surface area (Å²) in [5.41, 5.74) is -0.533. The van der Waals surface area contributed by atoms with Crippen molar-refractivity contribution >= 4 is 28.7 Å². The van der Waals surface area contributed by atoms with Crippen LogP contribution in [0.2, 0.25) is 0 Å². The minimum Gasteiger partial charge on any atom is -0.434 e. The average molecular weight is 568 g/mol. The van der Waals surface area contributed by atoms with Gasteiger partial charge in [-0.15, -0.1) is 0 Å². The zero-order valence-electron chi connectivity index (χ0n) is 22.7. The summed E-state index contributed by atoms with van der Waals surface area (Å²) in [7, 11) is 1.58. The maximum absolute atomic E-state index is 13.8. The molecule has 5 rings (SSSR count). The van der Waals surface area contributed by atoms with E-state index in [1.807, 2.05) is 18.7 Å². The van der Waals surface area contributed by atoms with E-state index in [1.165, 1.54) is 23.4 Å². The average Bonchev–Trinajstić information content (AvgIpc) is 3.27. The van der Waals surface area contributed by atoms with Crippen LogP contribution in [-0.2, 0) is 11.8 Å².